The molecule has 1 heteroatoms. The fourth-order valence-electron chi connectivity index (χ4n) is 1.99. The van der Waals surface area contributed by atoms with Crippen molar-refractivity contribution in [3.63, 3.8) is 0 Å². The van der Waals surface area contributed by atoms with Crippen LogP contribution in [0.3, 0.4) is 0 Å². The molecule has 0 aromatic rings. The van der Waals surface area contributed by atoms with Crippen molar-refractivity contribution < 1.29 is 4.79 Å². The van der Waals surface area contributed by atoms with E-state index in [4.69, 9.17) is 0 Å². The molecule has 0 radical (unpaired) electrons. The smallest absolute Gasteiger partial charge is 0.139 e. The third-order valence-corrected chi connectivity index (χ3v) is 2.94. The van der Waals surface area contributed by atoms with E-state index < -0.39 is 0 Å². The van der Waals surface area contributed by atoms with Gasteiger partial charge < -0.3 is 0 Å². The second-order valence-electron chi connectivity index (χ2n) is 4.24. The van der Waals surface area contributed by atoms with Crippen molar-refractivity contribution in [2.75, 3.05) is 0 Å². The highest BCUT2D eigenvalue weighted by molar-refractivity contribution is 5.83. The minimum atomic E-state index is 0.255. The van der Waals surface area contributed by atoms with Crippen molar-refractivity contribution in [3.8, 4) is 0 Å². The lowest BCUT2D eigenvalue weighted by molar-refractivity contribution is -0.122. The van der Waals surface area contributed by atoms with Gasteiger partial charge in [0.2, 0.25) is 0 Å². The molecule has 0 saturated heterocycles. The molecule has 0 aromatic heterocycles. The van der Waals surface area contributed by atoms with Crippen LogP contribution in [0.5, 0.6) is 0 Å². The maximum absolute atomic E-state index is 11.5. The maximum Gasteiger partial charge on any atom is 0.139 e. The Bertz CT molecular complexity index is 193. The quantitative estimate of drug-likeness (QED) is 0.479. The van der Waals surface area contributed by atoms with Crippen LogP contribution in [-0.4, -0.2) is 5.78 Å². The molecule has 0 N–H and O–H groups in total. The third kappa shape index (κ3) is 4.08. The van der Waals surface area contributed by atoms with Crippen molar-refractivity contribution in [1.82, 2.24) is 0 Å². The van der Waals surface area contributed by atoms with Crippen LogP contribution < -0.4 is 0 Å². The van der Waals surface area contributed by atoms with Crippen LogP contribution in [0.2, 0.25) is 0 Å². The SMILES string of the molecule is CCCCC/C=C\C1CCCCC1=O. The van der Waals surface area contributed by atoms with Gasteiger partial charge in [-0.05, 0) is 25.7 Å². The van der Waals surface area contributed by atoms with Crippen LogP contribution in [0.1, 0.15) is 58.3 Å². The molecule has 1 unspecified atom stereocenters. The summed E-state index contributed by atoms with van der Waals surface area (Å²) < 4.78 is 0. The Morgan fingerprint density at radius 2 is 2.21 bits per heavy atom. The summed E-state index contributed by atoms with van der Waals surface area (Å²) in [7, 11) is 0. The highest BCUT2D eigenvalue weighted by atomic mass is 16.1. The molecule has 1 aliphatic carbocycles. The summed E-state index contributed by atoms with van der Waals surface area (Å²) in [6, 6.07) is 0. The molecular formula is C13H22O. The lowest BCUT2D eigenvalue weighted by atomic mass is 9.87. The molecule has 80 valence electrons. The van der Waals surface area contributed by atoms with Gasteiger partial charge in [0.15, 0.2) is 0 Å². The van der Waals surface area contributed by atoms with Crippen LogP contribution in [0.15, 0.2) is 12.2 Å². The Morgan fingerprint density at radius 1 is 1.36 bits per heavy atom. The van der Waals surface area contributed by atoms with E-state index in [1.807, 2.05) is 0 Å². The summed E-state index contributed by atoms with van der Waals surface area (Å²) in [6.07, 6.45) is 13.6. The van der Waals surface area contributed by atoms with Crippen LogP contribution >= 0.6 is 0 Å². The van der Waals surface area contributed by atoms with Crippen molar-refractivity contribution in [1.29, 1.82) is 0 Å². The number of unbranched alkanes of at least 4 members (excludes halogenated alkanes) is 3. The Kier molecular flexibility index (Phi) is 5.58. The molecule has 1 atom stereocenters. The van der Waals surface area contributed by atoms with Gasteiger partial charge in [0.05, 0.1) is 0 Å². The number of allylic oxidation sites excluding steroid dienone is 2. The van der Waals surface area contributed by atoms with Crippen LogP contribution in [-0.2, 0) is 4.79 Å². The van der Waals surface area contributed by atoms with Gasteiger partial charge in [0.25, 0.3) is 0 Å². The molecule has 0 aliphatic heterocycles. The molecule has 0 bridgehead atoms. The third-order valence-electron chi connectivity index (χ3n) is 2.94. The number of carbonyl (C=O) groups is 1. The van der Waals surface area contributed by atoms with Gasteiger partial charge >= 0.3 is 0 Å². The summed E-state index contributed by atoms with van der Waals surface area (Å²) in [5, 5.41) is 0. The summed E-state index contributed by atoms with van der Waals surface area (Å²) in [5.74, 6) is 0.716. The van der Waals surface area contributed by atoms with Gasteiger partial charge in [-0.3, -0.25) is 4.79 Å². The number of ketones is 1. The molecule has 0 spiro atoms. The second-order valence-corrected chi connectivity index (χ2v) is 4.24. The van der Waals surface area contributed by atoms with Crippen LogP contribution in [0.4, 0.5) is 0 Å². The number of carbonyl (C=O) groups excluding carboxylic acids is 1. The predicted octanol–water partition coefficient (Wildman–Crippen LogP) is 3.88. The van der Waals surface area contributed by atoms with Gasteiger partial charge in [-0.2, -0.15) is 0 Å². The standard InChI is InChI=1S/C13H22O/c1-2-3-4-5-6-9-12-10-7-8-11-13(12)14/h6,9,12H,2-5,7-8,10-11H2,1H3/b9-6-. The predicted molar refractivity (Wildman–Crippen MR) is 60.2 cm³/mol. The molecule has 0 heterocycles. The molecular weight excluding hydrogens is 172 g/mol. The fraction of sp³-hybridized carbons (Fsp3) is 0.769. The molecule has 14 heavy (non-hydrogen) atoms. The van der Waals surface area contributed by atoms with E-state index in [0.717, 1.165) is 25.7 Å². The van der Waals surface area contributed by atoms with Crippen LogP contribution in [0.25, 0.3) is 0 Å². The van der Waals surface area contributed by atoms with Gasteiger partial charge in [-0.1, -0.05) is 38.3 Å². The van der Waals surface area contributed by atoms with Gasteiger partial charge in [0.1, 0.15) is 5.78 Å². The first-order chi connectivity index (χ1) is 6.84. The number of hydrogen-bond donors (Lipinski definition) is 0. The van der Waals surface area contributed by atoms with Crippen molar-refractivity contribution in [3.05, 3.63) is 12.2 Å². The normalized spacial score (nSPS) is 23.2. The molecule has 0 aromatic carbocycles. The Labute approximate surface area is 87.6 Å². The zero-order valence-corrected chi connectivity index (χ0v) is 9.30. The molecule has 1 nitrogen and oxygen atoms in total. The van der Waals surface area contributed by atoms with Crippen molar-refractivity contribution in [2.45, 2.75) is 58.3 Å². The highest BCUT2D eigenvalue weighted by Gasteiger charge is 2.18. The molecule has 1 fully saturated rings. The van der Waals surface area contributed by atoms with E-state index >= 15 is 0 Å². The summed E-state index contributed by atoms with van der Waals surface area (Å²) in [6.45, 7) is 2.22. The van der Waals surface area contributed by atoms with E-state index in [2.05, 4.69) is 19.1 Å². The monoisotopic (exact) mass is 194 g/mol. The summed E-state index contributed by atoms with van der Waals surface area (Å²) >= 11 is 0. The van der Waals surface area contributed by atoms with E-state index in [9.17, 15) is 4.79 Å². The van der Waals surface area contributed by atoms with Crippen molar-refractivity contribution in [2.24, 2.45) is 5.92 Å². The van der Waals surface area contributed by atoms with E-state index in [1.54, 1.807) is 0 Å². The number of hydrogen-bond acceptors (Lipinski definition) is 1. The molecule has 1 saturated carbocycles. The zero-order chi connectivity index (χ0) is 10.2. The maximum atomic E-state index is 11.5. The lowest BCUT2D eigenvalue weighted by Gasteiger charge is -2.16. The first-order valence-corrected chi connectivity index (χ1v) is 6.04. The topological polar surface area (TPSA) is 17.1 Å². The van der Waals surface area contributed by atoms with Gasteiger partial charge in [-0.25, -0.2) is 0 Å². The van der Waals surface area contributed by atoms with E-state index in [-0.39, 0.29) is 5.92 Å². The summed E-state index contributed by atoms with van der Waals surface area (Å²) in [5.41, 5.74) is 0. The Balaban J connectivity index is 2.17. The average Bonchev–Trinajstić information content (AvgIpc) is 2.20. The highest BCUT2D eigenvalue weighted by Crippen LogP contribution is 2.21. The Morgan fingerprint density at radius 3 is 2.93 bits per heavy atom. The summed E-state index contributed by atoms with van der Waals surface area (Å²) in [4.78, 5) is 11.5. The zero-order valence-electron chi connectivity index (χ0n) is 9.30. The fourth-order valence-corrected chi connectivity index (χ4v) is 1.99. The van der Waals surface area contributed by atoms with Crippen molar-refractivity contribution >= 4 is 5.78 Å². The molecule has 1 rings (SSSR count). The Hall–Kier alpha value is -0.590. The lowest BCUT2D eigenvalue weighted by Crippen LogP contribution is -2.16. The second kappa shape index (κ2) is 6.80. The minimum absolute atomic E-state index is 0.255. The number of Topliss-reactive ketones (excluding diaryl/α,β-unsaturated/α-hetero) is 1. The van der Waals surface area contributed by atoms with Gasteiger partial charge in [-0.15, -0.1) is 0 Å². The molecule has 0 amide bonds. The first kappa shape index (κ1) is 11.5. The largest absolute Gasteiger partial charge is 0.299 e. The van der Waals surface area contributed by atoms with Crippen LogP contribution in [0, 0.1) is 5.92 Å². The van der Waals surface area contributed by atoms with E-state index in [0.29, 0.717) is 5.78 Å². The molecule has 1 aliphatic rings. The van der Waals surface area contributed by atoms with Gasteiger partial charge in [0, 0.05) is 12.3 Å². The first-order valence-electron chi connectivity index (χ1n) is 6.04. The number of rotatable bonds is 5. The average molecular weight is 194 g/mol. The van der Waals surface area contributed by atoms with E-state index in [1.165, 1.54) is 25.7 Å². The minimum Gasteiger partial charge on any atom is -0.299 e.